The summed E-state index contributed by atoms with van der Waals surface area (Å²) in [7, 11) is -3.42. The van der Waals surface area contributed by atoms with Crippen molar-refractivity contribution in [3.8, 4) is 5.75 Å². The lowest BCUT2D eigenvalue weighted by molar-refractivity contribution is -0.121. The van der Waals surface area contributed by atoms with E-state index in [9.17, 15) is 13.2 Å². The van der Waals surface area contributed by atoms with Crippen LogP contribution in [0.1, 0.15) is 18.4 Å². The molecule has 0 radical (unpaired) electrons. The summed E-state index contributed by atoms with van der Waals surface area (Å²) in [5, 5.41) is 2.81. The highest BCUT2D eigenvalue weighted by molar-refractivity contribution is 7.98. The minimum atomic E-state index is -3.42. The number of ether oxygens (including phenoxy) is 1. The summed E-state index contributed by atoms with van der Waals surface area (Å²) in [6.07, 6.45) is 3.80. The van der Waals surface area contributed by atoms with Gasteiger partial charge in [-0.05, 0) is 49.4 Å². The number of hydrogen-bond donors (Lipinski definition) is 1. The molecule has 0 aliphatic rings. The Balaban J connectivity index is 1.78. The van der Waals surface area contributed by atoms with Crippen LogP contribution in [0.25, 0.3) is 0 Å². The van der Waals surface area contributed by atoms with Gasteiger partial charge in [0.15, 0.2) is 0 Å². The summed E-state index contributed by atoms with van der Waals surface area (Å²) in [5.41, 5.74) is 1.66. The molecule has 0 atom stereocenters. The molecule has 0 spiro atoms. The Kier molecular flexibility index (Phi) is 8.85. The van der Waals surface area contributed by atoms with Gasteiger partial charge >= 0.3 is 0 Å². The summed E-state index contributed by atoms with van der Waals surface area (Å²) in [6, 6.07) is 15.1. The quantitative estimate of drug-likeness (QED) is 0.431. The Bertz CT molecular complexity index is 916. The van der Waals surface area contributed by atoms with E-state index in [1.807, 2.05) is 55.6 Å². The van der Waals surface area contributed by atoms with Crippen LogP contribution in [0.5, 0.6) is 5.75 Å². The Morgan fingerprint density at radius 3 is 2.62 bits per heavy atom. The van der Waals surface area contributed by atoms with E-state index in [-0.39, 0.29) is 18.9 Å². The Morgan fingerprint density at radius 2 is 1.93 bits per heavy atom. The van der Waals surface area contributed by atoms with Crippen LogP contribution in [0, 0.1) is 6.92 Å². The lowest BCUT2D eigenvalue weighted by Gasteiger charge is -2.22. The van der Waals surface area contributed by atoms with E-state index in [1.54, 1.807) is 17.8 Å². The first-order valence-corrected chi connectivity index (χ1v) is 12.5. The molecule has 0 saturated carbocycles. The Hall–Kier alpha value is -2.19. The predicted molar refractivity (Wildman–Crippen MR) is 119 cm³/mol. The zero-order valence-electron chi connectivity index (χ0n) is 17.1. The molecule has 158 valence electrons. The number of rotatable bonds is 11. The molecule has 0 aliphatic carbocycles. The first-order chi connectivity index (χ1) is 13.8. The van der Waals surface area contributed by atoms with Crippen molar-refractivity contribution >= 4 is 33.4 Å². The van der Waals surface area contributed by atoms with Crippen LogP contribution >= 0.6 is 11.8 Å². The zero-order valence-corrected chi connectivity index (χ0v) is 18.7. The molecule has 1 N–H and O–H groups in total. The Labute approximate surface area is 177 Å². The maximum Gasteiger partial charge on any atom is 0.232 e. The van der Waals surface area contributed by atoms with Crippen molar-refractivity contribution in [3.63, 3.8) is 0 Å². The molecule has 8 heteroatoms. The molecular weight excluding hydrogens is 408 g/mol. The fraction of sp³-hybridized carbons (Fsp3) is 0.381. The molecule has 1 amide bonds. The second-order valence-electron chi connectivity index (χ2n) is 6.60. The highest BCUT2D eigenvalue weighted by Crippen LogP contribution is 2.24. The zero-order chi connectivity index (χ0) is 21.3. The average Bonchev–Trinajstić information content (AvgIpc) is 2.69. The van der Waals surface area contributed by atoms with Crippen molar-refractivity contribution < 1.29 is 17.9 Å². The highest BCUT2D eigenvalue weighted by atomic mass is 32.2. The van der Waals surface area contributed by atoms with Crippen LogP contribution in [-0.2, 0) is 14.8 Å². The van der Waals surface area contributed by atoms with Gasteiger partial charge < -0.3 is 10.1 Å². The van der Waals surface area contributed by atoms with Gasteiger partial charge in [0.1, 0.15) is 12.4 Å². The summed E-state index contributed by atoms with van der Waals surface area (Å²) in [4.78, 5) is 13.0. The third kappa shape index (κ3) is 7.62. The number of nitrogens with zero attached hydrogens (tertiary/aromatic N) is 1. The van der Waals surface area contributed by atoms with Crippen molar-refractivity contribution in [1.29, 1.82) is 0 Å². The van der Waals surface area contributed by atoms with Gasteiger partial charge in [-0.15, -0.1) is 11.8 Å². The van der Waals surface area contributed by atoms with Crippen molar-refractivity contribution in [3.05, 3.63) is 54.1 Å². The van der Waals surface area contributed by atoms with E-state index in [0.29, 0.717) is 25.3 Å². The number of carbonyl (C=O) groups is 1. The predicted octanol–water partition coefficient (Wildman–Crippen LogP) is 3.46. The molecule has 0 fully saturated rings. The number of benzene rings is 2. The van der Waals surface area contributed by atoms with E-state index in [1.165, 1.54) is 10.6 Å². The number of carbonyl (C=O) groups excluding carboxylic acids is 1. The van der Waals surface area contributed by atoms with E-state index in [2.05, 4.69) is 5.32 Å². The molecule has 0 unspecified atom stereocenters. The fourth-order valence-corrected chi connectivity index (χ4v) is 4.20. The Morgan fingerprint density at radius 1 is 1.17 bits per heavy atom. The number of hydrogen-bond acceptors (Lipinski definition) is 5. The topological polar surface area (TPSA) is 75.7 Å². The van der Waals surface area contributed by atoms with Crippen molar-refractivity contribution in [2.45, 2.75) is 24.7 Å². The third-order valence-electron chi connectivity index (χ3n) is 4.28. The van der Waals surface area contributed by atoms with E-state index >= 15 is 0 Å². The maximum absolute atomic E-state index is 12.2. The number of para-hydroxylation sites is 1. The number of amides is 1. The summed E-state index contributed by atoms with van der Waals surface area (Å²) in [6.45, 7) is 3.01. The third-order valence-corrected chi connectivity index (χ3v) is 6.20. The summed E-state index contributed by atoms with van der Waals surface area (Å²) >= 11 is 1.55. The smallest absolute Gasteiger partial charge is 0.232 e. The monoisotopic (exact) mass is 436 g/mol. The molecule has 0 bridgehead atoms. The van der Waals surface area contributed by atoms with Crippen molar-refractivity contribution in [1.82, 2.24) is 5.32 Å². The maximum atomic E-state index is 12.2. The molecule has 2 aromatic carbocycles. The van der Waals surface area contributed by atoms with Crippen LogP contribution in [0.4, 0.5) is 5.69 Å². The number of aryl methyl sites for hydroxylation is 1. The van der Waals surface area contributed by atoms with Gasteiger partial charge in [-0.3, -0.25) is 9.10 Å². The van der Waals surface area contributed by atoms with Gasteiger partial charge in [0.25, 0.3) is 0 Å². The molecule has 0 aliphatic heterocycles. The number of sulfonamides is 1. The van der Waals surface area contributed by atoms with Gasteiger partial charge in [0.05, 0.1) is 18.5 Å². The van der Waals surface area contributed by atoms with Crippen molar-refractivity contribution in [2.75, 3.05) is 36.5 Å². The SMILES string of the molecule is CSc1cccc(N(CCCC(=O)NCCOc2ccccc2C)S(C)(=O)=O)c1. The molecular formula is C21H28N2O4S2. The van der Waals surface area contributed by atoms with Gasteiger partial charge in [-0.25, -0.2) is 8.42 Å². The van der Waals surface area contributed by atoms with E-state index in [0.717, 1.165) is 16.2 Å². The molecule has 0 aromatic heterocycles. The second kappa shape index (κ2) is 11.1. The molecule has 0 heterocycles. The number of nitrogens with one attached hydrogen (secondary N) is 1. The largest absolute Gasteiger partial charge is 0.491 e. The van der Waals surface area contributed by atoms with Gasteiger partial charge in [0, 0.05) is 17.9 Å². The number of anilines is 1. The number of thioether (sulfide) groups is 1. The average molecular weight is 437 g/mol. The van der Waals surface area contributed by atoms with Gasteiger partial charge in [-0.1, -0.05) is 24.3 Å². The fourth-order valence-electron chi connectivity index (χ4n) is 2.79. The molecule has 6 nitrogen and oxygen atoms in total. The van der Waals surface area contributed by atoms with Crippen molar-refractivity contribution in [2.24, 2.45) is 0 Å². The first kappa shape index (κ1) is 23.1. The van der Waals surface area contributed by atoms with E-state index < -0.39 is 10.0 Å². The van der Waals surface area contributed by atoms with Crippen LogP contribution in [0.2, 0.25) is 0 Å². The second-order valence-corrected chi connectivity index (χ2v) is 9.39. The molecule has 2 rings (SSSR count). The van der Waals surface area contributed by atoms with Gasteiger partial charge in [-0.2, -0.15) is 0 Å². The molecule has 29 heavy (non-hydrogen) atoms. The summed E-state index contributed by atoms with van der Waals surface area (Å²) in [5.74, 6) is 0.683. The van der Waals surface area contributed by atoms with Crippen LogP contribution in [0.3, 0.4) is 0 Å². The molecule has 0 saturated heterocycles. The van der Waals surface area contributed by atoms with Gasteiger partial charge in [0.2, 0.25) is 15.9 Å². The minimum absolute atomic E-state index is 0.121. The minimum Gasteiger partial charge on any atom is -0.491 e. The summed E-state index contributed by atoms with van der Waals surface area (Å²) < 4.78 is 31.4. The van der Waals surface area contributed by atoms with Crippen LogP contribution in [0.15, 0.2) is 53.4 Å². The lowest BCUT2D eigenvalue weighted by Crippen LogP contribution is -2.33. The standard InChI is InChI=1S/C21H28N2O4S2/c1-17-8-4-5-11-20(17)27-15-13-22-21(24)12-7-14-23(29(3,25)26)18-9-6-10-19(16-18)28-2/h4-6,8-11,16H,7,12-15H2,1-3H3,(H,22,24). The lowest BCUT2D eigenvalue weighted by atomic mass is 10.2. The van der Waals surface area contributed by atoms with E-state index in [4.69, 9.17) is 4.74 Å². The molecule has 2 aromatic rings. The normalized spacial score (nSPS) is 11.1. The van der Waals surface area contributed by atoms with Crippen LogP contribution < -0.4 is 14.4 Å². The first-order valence-electron chi connectivity index (χ1n) is 9.38. The highest BCUT2D eigenvalue weighted by Gasteiger charge is 2.18. The van der Waals surface area contributed by atoms with Crippen LogP contribution in [-0.4, -0.2) is 46.5 Å².